The van der Waals surface area contributed by atoms with Crippen LogP contribution in [0.25, 0.3) is 0 Å². The first-order chi connectivity index (χ1) is 0. The van der Waals surface area contributed by atoms with E-state index in [-0.39, 0.29) is 99.9 Å². The maximum absolute atomic E-state index is 0. The van der Waals surface area contributed by atoms with Crippen LogP contribution in [0.4, 0.5) is 0 Å². The summed E-state index contributed by atoms with van der Waals surface area (Å²) in [6.07, 6.45) is 0. The molecule has 0 spiro atoms. The van der Waals surface area contributed by atoms with Crippen LogP contribution in [0, 0.1) is 75.5 Å². The van der Waals surface area contributed by atoms with Crippen molar-refractivity contribution in [1.29, 1.82) is 0 Å². The van der Waals surface area contributed by atoms with Gasteiger partial charge in [0.1, 0.15) is 0 Å². The molecule has 0 radical (unpaired) electrons. The summed E-state index contributed by atoms with van der Waals surface area (Å²) in [4.78, 5) is 0. The summed E-state index contributed by atoms with van der Waals surface area (Å²) in [6, 6.07) is 0. The van der Waals surface area contributed by atoms with Crippen molar-refractivity contribution in [3.8, 4) is 0 Å². The van der Waals surface area contributed by atoms with E-state index in [0.29, 0.717) is 0 Å². The van der Waals surface area contributed by atoms with E-state index in [2.05, 4.69) is 0 Å². The van der Waals surface area contributed by atoms with Gasteiger partial charge < -0.3 is 24.4 Å². The van der Waals surface area contributed by atoms with Crippen LogP contribution in [0.1, 0.15) is 0 Å². The first-order valence-electron chi connectivity index (χ1n) is 0. The van der Waals surface area contributed by atoms with Crippen molar-refractivity contribution in [2.24, 2.45) is 0 Å². The minimum absolute atomic E-state index is 0. The van der Waals surface area contributed by atoms with Gasteiger partial charge in [0, 0.05) is 0 Å². The molecule has 0 aromatic carbocycles. The zero-order valence-electron chi connectivity index (χ0n) is 1.83. The number of hydrogen-bond donors (Lipinski definition) is 0. The minimum atomic E-state index is 0. The molecule has 2 nitrogen and oxygen atoms in total. The molecule has 0 rings (SSSR count). The van der Waals surface area contributed by atoms with Crippen LogP contribution in [-0.2, 0) is 24.4 Å². The van der Waals surface area contributed by atoms with E-state index in [1.807, 2.05) is 0 Å². The Morgan fingerprint density at radius 3 is 0.600 bits per heavy atom. The van der Waals surface area contributed by atoms with E-state index in [1.54, 1.807) is 0 Å². The molecule has 0 saturated carbocycles. The molecule has 0 aromatic heterocycles. The summed E-state index contributed by atoms with van der Waals surface area (Å²) in [5.74, 6) is 0. The molecule has 40 valence electrons. The predicted molar refractivity (Wildman–Crippen MR) is 8.74 cm³/mol. The van der Waals surface area contributed by atoms with Crippen LogP contribution in [0.2, 0.25) is 0 Å². The van der Waals surface area contributed by atoms with Crippen LogP contribution in [0.15, 0.2) is 0 Å². The Morgan fingerprint density at radius 2 is 0.600 bits per heavy atom. The molecule has 5 heavy (non-hydrogen) atoms. The SMILES string of the molecule is [Ho+3].[Ho+3].[O-2].[O-2].[S-2]. The molecule has 0 heterocycles. The van der Waals surface area contributed by atoms with E-state index in [1.165, 1.54) is 0 Å². The second-order valence-corrected chi connectivity index (χ2v) is 0. The molecule has 0 aliphatic heterocycles. The summed E-state index contributed by atoms with van der Waals surface area (Å²) in [5, 5.41) is 0. The quantitative estimate of drug-likeness (QED) is 0.510. The standard InChI is InChI=1S/2Ho.2O.S/q2*+3;3*-2. The summed E-state index contributed by atoms with van der Waals surface area (Å²) < 4.78 is 0. The summed E-state index contributed by atoms with van der Waals surface area (Å²) in [6.45, 7) is 0. The molecule has 0 aromatic rings. The largest absolute Gasteiger partial charge is 3.00 e. The average molecular weight is 394 g/mol. The molecule has 0 fully saturated rings. The second-order valence-electron chi connectivity index (χ2n) is 0. The van der Waals surface area contributed by atoms with Gasteiger partial charge in [0.2, 0.25) is 0 Å². The normalized spacial score (nSPS) is 0. The molecule has 0 unspecified atom stereocenters. The van der Waals surface area contributed by atoms with Gasteiger partial charge in [-0.1, -0.05) is 0 Å². The predicted octanol–water partition coefficient (Wildman–Crippen LogP) is -0.240. The third-order valence-electron chi connectivity index (χ3n) is 0. The summed E-state index contributed by atoms with van der Waals surface area (Å²) >= 11 is 0. The zero-order chi connectivity index (χ0) is 0. The van der Waals surface area contributed by atoms with Crippen molar-refractivity contribution in [3.63, 3.8) is 0 Å². The fourth-order valence-electron chi connectivity index (χ4n) is 0. The molecular weight excluding hydrogens is 394 g/mol. The third kappa shape index (κ3) is 20.0. The van der Waals surface area contributed by atoms with Gasteiger partial charge in [0.15, 0.2) is 0 Å². The van der Waals surface area contributed by atoms with E-state index in [0.717, 1.165) is 0 Å². The summed E-state index contributed by atoms with van der Waals surface area (Å²) in [5.41, 5.74) is 0. The summed E-state index contributed by atoms with van der Waals surface area (Å²) in [7, 11) is 0. The maximum Gasteiger partial charge on any atom is 3.00 e. The Balaban J connectivity index is 0. The van der Waals surface area contributed by atoms with Crippen molar-refractivity contribution in [2.45, 2.75) is 0 Å². The van der Waals surface area contributed by atoms with Gasteiger partial charge >= 0.3 is 75.5 Å². The number of rotatable bonds is 0. The van der Waals surface area contributed by atoms with Crippen LogP contribution in [-0.4, -0.2) is 0 Å². The third-order valence-corrected chi connectivity index (χ3v) is 0. The Labute approximate surface area is 97.8 Å². The van der Waals surface area contributed by atoms with Gasteiger partial charge in [-0.05, 0) is 0 Å². The Morgan fingerprint density at radius 1 is 0.600 bits per heavy atom. The average Bonchev–Trinajstić information content (AvgIpc) is 0. The van der Waals surface area contributed by atoms with Crippen LogP contribution in [0.3, 0.4) is 0 Å². The molecule has 0 aliphatic carbocycles. The van der Waals surface area contributed by atoms with E-state index < -0.39 is 0 Å². The van der Waals surface area contributed by atoms with Crippen molar-refractivity contribution in [1.82, 2.24) is 0 Å². The fourth-order valence-corrected chi connectivity index (χ4v) is 0. The van der Waals surface area contributed by atoms with Gasteiger partial charge in [0.05, 0.1) is 0 Å². The number of hydrogen-bond acceptors (Lipinski definition) is 0. The van der Waals surface area contributed by atoms with Gasteiger partial charge in [-0.25, -0.2) is 0 Å². The Bertz CT molecular complexity index is 7.61. The molecular formula is Ho2O2S. The zero-order valence-corrected chi connectivity index (χ0v) is 6.51. The van der Waals surface area contributed by atoms with Crippen LogP contribution in [0.5, 0.6) is 0 Å². The van der Waals surface area contributed by atoms with Gasteiger partial charge in [-0.3, -0.25) is 0 Å². The molecule has 0 saturated heterocycles. The fraction of sp³-hybridized carbons (Fsp3) is 0. The Hall–Kier alpha value is 2.79. The molecule has 0 atom stereocenters. The van der Waals surface area contributed by atoms with Gasteiger partial charge in [0.25, 0.3) is 0 Å². The monoisotopic (exact) mass is 394 g/mol. The molecule has 0 N–H and O–H groups in total. The van der Waals surface area contributed by atoms with Crippen LogP contribution >= 0.6 is 0 Å². The van der Waals surface area contributed by atoms with Gasteiger partial charge in [-0.2, -0.15) is 0 Å². The van der Waals surface area contributed by atoms with Crippen molar-refractivity contribution < 1.29 is 86.4 Å². The molecule has 5 heteroatoms. The van der Waals surface area contributed by atoms with Crippen LogP contribution < -0.4 is 0 Å². The van der Waals surface area contributed by atoms with E-state index in [9.17, 15) is 0 Å². The second kappa shape index (κ2) is 29.2. The first kappa shape index (κ1) is 46.1. The molecule has 0 aliphatic rings. The van der Waals surface area contributed by atoms with Crippen molar-refractivity contribution in [2.75, 3.05) is 0 Å². The van der Waals surface area contributed by atoms with Crippen molar-refractivity contribution in [3.05, 3.63) is 0 Å². The maximum atomic E-state index is 0. The molecule has 0 amide bonds. The minimum Gasteiger partial charge on any atom is -2.00 e. The Kier molecular flexibility index (Phi) is 270. The first-order valence-corrected chi connectivity index (χ1v) is 0. The smallest absolute Gasteiger partial charge is 2.00 e. The van der Waals surface area contributed by atoms with E-state index in [4.69, 9.17) is 0 Å². The topological polar surface area (TPSA) is 57.0 Å². The van der Waals surface area contributed by atoms with Crippen molar-refractivity contribution >= 4 is 13.5 Å². The van der Waals surface area contributed by atoms with E-state index >= 15 is 0 Å². The van der Waals surface area contributed by atoms with Gasteiger partial charge in [-0.15, -0.1) is 0 Å². The molecule has 0 bridgehead atoms.